The van der Waals surface area contributed by atoms with Crippen molar-refractivity contribution < 1.29 is 4.58 Å². The van der Waals surface area contributed by atoms with E-state index < -0.39 is 7.26 Å². The molecule has 0 saturated heterocycles. The van der Waals surface area contributed by atoms with Crippen LogP contribution in [0.3, 0.4) is 0 Å². The van der Waals surface area contributed by atoms with E-state index in [0.29, 0.717) is 0 Å². The van der Waals surface area contributed by atoms with Gasteiger partial charge in [-0.25, -0.2) is 0 Å². The van der Waals surface area contributed by atoms with Crippen LogP contribution in [0.2, 0.25) is 10.0 Å². The predicted octanol–water partition coefficient (Wildman–Crippen LogP) is 14.0. The van der Waals surface area contributed by atoms with Crippen LogP contribution in [0.15, 0.2) is 186 Å². The van der Waals surface area contributed by atoms with E-state index in [1.807, 2.05) is 0 Å². The summed E-state index contributed by atoms with van der Waals surface area (Å²) >= 11 is 13.7. The van der Waals surface area contributed by atoms with E-state index in [1.54, 1.807) is 0 Å². The molecular weight excluding hydrogens is 815 g/mol. The average molecular weight is 866 g/mol. The average Bonchev–Trinajstić information content (AvgIpc) is 3.97. The highest BCUT2D eigenvalue weighted by Gasteiger charge is 2.53. The maximum Gasteiger partial charge on any atom is 0.214 e. The molecule has 0 amide bonds. The van der Waals surface area contributed by atoms with Gasteiger partial charge in [-0.15, -0.1) is 0 Å². The summed E-state index contributed by atoms with van der Waals surface area (Å²) in [6, 6.07) is 55.8. The van der Waals surface area contributed by atoms with Crippen LogP contribution in [0.25, 0.3) is 38.5 Å². The van der Waals surface area contributed by atoms with Crippen LogP contribution in [0, 0.1) is 0 Å². The highest BCUT2D eigenvalue weighted by atomic mass is 35.5. The highest BCUT2D eigenvalue weighted by Crippen LogP contribution is 2.68. The lowest BCUT2D eigenvalue weighted by Gasteiger charge is -2.30. The molecule has 2 aliphatic rings. The zero-order valence-corrected chi connectivity index (χ0v) is 37.9. The van der Waals surface area contributed by atoms with Crippen molar-refractivity contribution in [3.63, 3.8) is 0 Å². The van der Waals surface area contributed by atoms with E-state index in [9.17, 15) is 0 Å². The third-order valence-corrected chi connectivity index (χ3v) is 18.2. The summed E-state index contributed by atoms with van der Waals surface area (Å²) in [4.78, 5) is 0. The summed E-state index contributed by atoms with van der Waals surface area (Å²) in [5.74, 6) is 0. The van der Waals surface area contributed by atoms with Gasteiger partial charge >= 0.3 is 0 Å². The lowest BCUT2D eigenvalue weighted by atomic mass is 10.0. The van der Waals surface area contributed by atoms with Crippen LogP contribution in [-0.4, -0.2) is 21.4 Å². The molecule has 0 radical (unpaired) electrons. The second kappa shape index (κ2) is 17.3. The molecule has 0 saturated carbocycles. The normalized spacial score (nSPS) is 15.3. The molecule has 8 aromatic rings. The molecule has 62 heavy (non-hydrogen) atoms. The first kappa shape index (κ1) is 40.6. The fourth-order valence-corrected chi connectivity index (χ4v) is 15.4. The van der Waals surface area contributed by atoms with Gasteiger partial charge in [-0.05, 0) is 103 Å². The first-order chi connectivity index (χ1) is 30.5. The van der Waals surface area contributed by atoms with Gasteiger partial charge in [-0.2, -0.15) is 4.58 Å². The van der Waals surface area contributed by atoms with E-state index in [2.05, 4.69) is 199 Å². The van der Waals surface area contributed by atoms with Crippen molar-refractivity contribution in [2.24, 2.45) is 0 Å². The minimum Gasteiger partial charge on any atom is -0.340 e. The first-order valence-electron chi connectivity index (χ1n) is 22.3. The Labute approximate surface area is 376 Å². The van der Waals surface area contributed by atoms with Crippen LogP contribution in [0.4, 0.5) is 5.69 Å². The van der Waals surface area contributed by atoms with Gasteiger partial charge in [0.15, 0.2) is 0 Å². The van der Waals surface area contributed by atoms with Crippen molar-refractivity contribution >= 4 is 96.3 Å². The van der Waals surface area contributed by atoms with Crippen molar-refractivity contribution in [1.29, 1.82) is 0 Å². The van der Waals surface area contributed by atoms with Crippen molar-refractivity contribution in [2.45, 2.75) is 58.9 Å². The van der Waals surface area contributed by atoms with Crippen LogP contribution in [-0.2, 0) is 6.54 Å². The Hall–Kier alpha value is -5.50. The summed E-state index contributed by atoms with van der Waals surface area (Å²) in [6.45, 7) is 6.46. The fraction of sp³-hybridized carbons (Fsp3) is 0.175. The Balaban J connectivity index is 1.27. The molecule has 0 spiro atoms. The summed E-state index contributed by atoms with van der Waals surface area (Å²) in [5.41, 5.74) is 7.80. The van der Waals surface area contributed by atoms with E-state index in [-0.39, 0.29) is 0 Å². The SMILES string of the molecule is CCCCn1/c(=C/C=C2\CCC(/C=C/C3=[N+](CCCC)c4ccc(Cl)c5cccc3c45)=C2[P+](c2ccccc2)(c2ccccc2)c2ccccc2)c2cccc3c(Cl)ccc1c32. The quantitative estimate of drug-likeness (QED) is 0.0806. The molecule has 2 heterocycles. The molecule has 306 valence electrons. The minimum absolute atomic E-state index is 0.803. The van der Waals surface area contributed by atoms with Gasteiger partial charge in [0.05, 0.1) is 10.9 Å². The second-order valence-electron chi connectivity index (χ2n) is 16.6. The standard InChI is InChI=1S/C57H51Cl2N2P/c1-3-5-38-60-51(47-26-16-24-45-49(58)32-36-53(60)55(45)47)34-30-40-28-29-41(31-35-52-48-27-17-25-46-50(59)33-37-54(56(46)48)61(52)39-6-4-2)57(40)62(42-18-10-7-11-19-42,43-20-12-8-13-21-43)44-22-14-9-15-23-44/h7-27,30-37H,3-6,28-29,38-39H2,1-2H3/q+2. The van der Waals surface area contributed by atoms with Crippen molar-refractivity contribution in [2.75, 3.05) is 6.54 Å². The van der Waals surface area contributed by atoms with Crippen LogP contribution in [0.1, 0.15) is 57.9 Å². The number of aryl methyl sites for hydroxylation is 1. The molecule has 0 fully saturated rings. The van der Waals surface area contributed by atoms with E-state index in [1.165, 1.54) is 76.4 Å². The molecule has 7 aromatic carbocycles. The third-order valence-electron chi connectivity index (χ3n) is 13.0. The van der Waals surface area contributed by atoms with Crippen molar-refractivity contribution in [1.82, 2.24) is 4.57 Å². The predicted molar refractivity (Wildman–Crippen MR) is 270 cm³/mol. The number of aromatic nitrogens is 1. The number of benzene rings is 7. The zero-order valence-electron chi connectivity index (χ0n) is 35.5. The maximum absolute atomic E-state index is 6.87. The molecule has 10 rings (SSSR count). The number of nitrogens with zero attached hydrogens (tertiary/aromatic N) is 2. The molecule has 0 bridgehead atoms. The highest BCUT2D eigenvalue weighted by molar-refractivity contribution is 7.99. The van der Waals surface area contributed by atoms with Gasteiger partial charge < -0.3 is 4.57 Å². The van der Waals surface area contributed by atoms with E-state index >= 15 is 0 Å². The molecule has 0 N–H and O–H groups in total. The topological polar surface area (TPSA) is 7.94 Å². The number of unbranched alkanes of at least 4 members (excludes halogenated alkanes) is 2. The Morgan fingerprint density at radius 2 is 1.18 bits per heavy atom. The lowest BCUT2D eigenvalue weighted by Crippen LogP contribution is -2.32. The van der Waals surface area contributed by atoms with Gasteiger partial charge in [0.1, 0.15) is 35.0 Å². The van der Waals surface area contributed by atoms with E-state index in [0.717, 1.165) is 72.4 Å². The summed E-state index contributed by atoms with van der Waals surface area (Å²) < 4.78 is 5.07. The van der Waals surface area contributed by atoms with Gasteiger partial charge in [0.25, 0.3) is 0 Å². The molecule has 1 aliphatic carbocycles. The number of hydrogen-bond donors (Lipinski definition) is 0. The largest absolute Gasteiger partial charge is 0.340 e. The summed E-state index contributed by atoms with van der Waals surface area (Å²) in [7, 11) is -2.46. The minimum atomic E-state index is -2.46. The number of allylic oxidation sites excluding steroid dienone is 6. The maximum atomic E-state index is 6.87. The lowest BCUT2D eigenvalue weighted by molar-refractivity contribution is -0.436. The van der Waals surface area contributed by atoms with Gasteiger partial charge in [0, 0.05) is 67.6 Å². The van der Waals surface area contributed by atoms with Crippen LogP contribution in [0.5, 0.6) is 0 Å². The second-order valence-corrected chi connectivity index (χ2v) is 20.8. The van der Waals surface area contributed by atoms with Gasteiger partial charge in [-0.1, -0.05) is 141 Å². The molecule has 2 nitrogen and oxygen atoms in total. The van der Waals surface area contributed by atoms with Gasteiger partial charge in [-0.3, -0.25) is 0 Å². The Bertz CT molecular complexity index is 3060. The molecule has 5 heteroatoms. The zero-order chi connectivity index (χ0) is 42.2. The van der Waals surface area contributed by atoms with Crippen LogP contribution < -0.4 is 21.3 Å². The smallest absolute Gasteiger partial charge is 0.214 e. The van der Waals surface area contributed by atoms with Crippen molar-refractivity contribution in [3.05, 3.63) is 207 Å². The summed E-state index contributed by atoms with van der Waals surface area (Å²) in [6.07, 6.45) is 16.2. The van der Waals surface area contributed by atoms with Crippen LogP contribution >= 0.6 is 30.5 Å². The number of hydrogen-bond acceptors (Lipinski definition) is 0. The van der Waals surface area contributed by atoms with Crippen molar-refractivity contribution in [3.8, 4) is 0 Å². The molecule has 0 unspecified atom stereocenters. The third kappa shape index (κ3) is 6.80. The molecular formula is C57H51Cl2N2P+2. The molecule has 1 aliphatic heterocycles. The Morgan fingerprint density at radius 3 is 1.82 bits per heavy atom. The van der Waals surface area contributed by atoms with E-state index in [4.69, 9.17) is 23.2 Å². The molecule has 1 aromatic heterocycles. The number of halogens is 2. The Kier molecular flexibility index (Phi) is 11.3. The first-order valence-corrected chi connectivity index (χ1v) is 24.8. The summed E-state index contributed by atoms with van der Waals surface area (Å²) in [5, 5.41) is 14.4. The number of rotatable bonds is 13. The monoisotopic (exact) mass is 864 g/mol. The Morgan fingerprint density at radius 1 is 0.581 bits per heavy atom. The fourth-order valence-electron chi connectivity index (χ4n) is 10.2. The van der Waals surface area contributed by atoms with Gasteiger partial charge in [0.2, 0.25) is 11.4 Å². The molecule has 0 atom stereocenters.